The van der Waals surface area contributed by atoms with E-state index in [0.717, 1.165) is 0 Å². The molecule has 0 aliphatic rings. The molecule has 0 aliphatic carbocycles. The average molecular weight is 202 g/mol. The van der Waals surface area contributed by atoms with E-state index in [9.17, 15) is 4.79 Å². The number of hydrogen-bond acceptors (Lipinski definition) is 4. The maximum absolute atomic E-state index is 11.1. The minimum absolute atomic E-state index is 0.0876. The van der Waals surface area contributed by atoms with E-state index in [1.807, 2.05) is 0 Å². The number of nitrogens with zero attached hydrogens (tertiary/aromatic N) is 1. The van der Waals surface area contributed by atoms with Gasteiger partial charge in [0.2, 0.25) is 0 Å². The number of carbonyl (C=O) groups excluding carboxylic acids is 1. The molecule has 4 nitrogen and oxygen atoms in total. The fraction of sp³-hybridized carbons (Fsp3) is 0.250. The van der Waals surface area contributed by atoms with Gasteiger partial charge >= 0.3 is 5.97 Å². The first kappa shape index (κ1) is 9.80. The Morgan fingerprint density at radius 2 is 2.38 bits per heavy atom. The molecule has 0 bridgehead atoms. The summed E-state index contributed by atoms with van der Waals surface area (Å²) in [6, 6.07) is 2.64. The van der Waals surface area contributed by atoms with Crippen molar-refractivity contribution in [3.8, 4) is 5.75 Å². The summed E-state index contributed by atoms with van der Waals surface area (Å²) in [6.45, 7) is 1.97. The van der Waals surface area contributed by atoms with Crippen LogP contribution in [0.25, 0.3) is 0 Å². The highest BCUT2D eigenvalue weighted by atomic mass is 35.5. The summed E-state index contributed by atoms with van der Waals surface area (Å²) < 4.78 is 4.68. The van der Waals surface area contributed by atoms with Crippen molar-refractivity contribution in [2.24, 2.45) is 0 Å². The van der Waals surface area contributed by atoms with E-state index in [2.05, 4.69) is 9.72 Å². The first-order valence-electron chi connectivity index (χ1n) is 3.67. The minimum atomic E-state index is -0.551. The molecular formula is C8H8ClNO3. The molecule has 0 saturated carbocycles. The lowest BCUT2D eigenvalue weighted by Gasteiger charge is -2.01. The molecule has 0 aromatic carbocycles. The molecule has 1 heterocycles. The number of aromatic nitrogens is 1. The van der Waals surface area contributed by atoms with Crippen LogP contribution in [0.3, 0.4) is 0 Å². The van der Waals surface area contributed by atoms with E-state index in [1.165, 1.54) is 12.1 Å². The lowest BCUT2D eigenvalue weighted by molar-refractivity contribution is 0.0519. The molecule has 1 rings (SSSR count). The third-order valence-electron chi connectivity index (χ3n) is 1.31. The molecule has 70 valence electrons. The fourth-order valence-corrected chi connectivity index (χ4v) is 0.900. The summed E-state index contributed by atoms with van der Waals surface area (Å²) in [7, 11) is 0. The Morgan fingerprint density at radius 3 is 2.92 bits per heavy atom. The summed E-state index contributed by atoms with van der Waals surface area (Å²) in [5, 5.41) is 8.90. The zero-order chi connectivity index (χ0) is 9.84. The average Bonchev–Trinajstić information content (AvgIpc) is 2.10. The summed E-state index contributed by atoms with van der Waals surface area (Å²) >= 11 is 5.49. The monoisotopic (exact) mass is 201 g/mol. The van der Waals surface area contributed by atoms with E-state index >= 15 is 0 Å². The molecule has 13 heavy (non-hydrogen) atoms. The number of hydrogen-bond donors (Lipinski definition) is 1. The first-order valence-corrected chi connectivity index (χ1v) is 4.05. The van der Waals surface area contributed by atoms with Crippen molar-refractivity contribution in [3.05, 3.63) is 23.0 Å². The van der Waals surface area contributed by atoms with Crippen molar-refractivity contribution in [2.45, 2.75) is 6.92 Å². The highest BCUT2D eigenvalue weighted by Gasteiger charge is 2.10. The van der Waals surface area contributed by atoms with E-state index in [4.69, 9.17) is 16.7 Å². The number of rotatable bonds is 2. The van der Waals surface area contributed by atoms with Gasteiger partial charge < -0.3 is 9.84 Å². The van der Waals surface area contributed by atoms with Crippen molar-refractivity contribution in [1.82, 2.24) is 4.98 Å². The second-order valence-electron chi connectivity index (χ2n) is 2.23. The summed E-state index contributed by atoms with van der Waals surface area (Å²) in [4.78, 5) is 14.7. The SMILES string of the molecule is CCOC(=O)c1ccc(O)c(Cl)n1. The van der Waals surface area contributed by atoms with Gasteiger partial charge in [-0.05, 0) is 19.1 Å². The number of halogens is 1. The van der Waals surface area contributed by atoms with Gasteiger partial charge in [-0.3, -0.25) is 0 Å². The Balaban J connectivity index is 2.90. The van der Waals surface area contributed by atoms with Crippen LogP contribution in [0.2, 0.25) is 5.15 Å². The van der Waals surface area contributed by atoms with Gasteiger partial charge in [0.05, 0.1) is 6.61 Å². The standard InChI is InChI=1S/C8H8ClNO3/c1-2-13-8(12)5-3-4-6(11)7(9)10-5/h3-4,11H,2H2,1H3. The predicted octanol–water partition coefficient (Wildman–Crippen LogP) is 1.62. The topological polar surface area (TPSA) is 59.4 Å². The molecule has 0 aliphatic heterocycles. The second kappa shape index (κ2) is 4.09. The van der Waals surface area contributed by atoms with Gasteiger partial charge in [0.1, 0.15) is 5.69 Å². The summed E-state index contributed by atoms with van der Waals surface area (Å²) in [5.74, 6) is -0.709. The van der Waals surface area contributed by atoms with E-state index in [0.29, 0.717) is 0 Å². The Kier molecular flexibility index (Phi) is 3.08. The molecule has 1 aromatic heterocycles. The predicted molar refractivity (Wildman–Crippen MR) is 46.9 cm³/mol. The Morgan fingerprint density at radius 1 is 1.69 bits per heavy atom. The molecule has 0 spiro atoms. The van der Waals surface area contributed by atoms with E-state index in [-0.39, 0.29) is 23.2 Å². The molecule has 0 fully saturated rings. The minimum Gasteiger partial charge on any atom is -0.505 e. The van der Waals surface area contributed by atoms with Crippen LogP contribution in [0, 0.1) is 0 Å². The molecule has 0 amide bonds. The van der Waals surface area contributed by atoms with Crippen LogP contribution in [0.5, 0.6) is 5.75 Å². The Bertz CT molecular complexity index is 327. The number of ether oxygens (including phenoxy) is 1. The molecule has 0 radical (unpaired) electrons. The van der Waals surface area contributed by atoms with Crippen LogP contribution in [0.15, 0.2) is 12.1 Å². The van der Waals surface area contributed by atoms with Crippen molar-refractivity contribution >= 4 is 17.6 Å². The molecular weight excluding hydrogens is 194 g/mol. The molecule has 1 aromatic rings. The maximum atomic E-state index is 11.1. The maximum Gasteiger partial charge on any atom is 0.356 e. The van der Waals surface area contributed by atoms with Crippen LogP contribution >= 0.6 is 11.6 Å². The van der Waals surface area contributed by atoms with Gasteiger partial charge in [0.25, 0.3) is 0 Å². The molecule has 0 atom stereocenters. The third-order valence-corrected chi connectivity index (χ3v) is 1.59. The lowest BCUT2D eigenvalue weighted by atomic mass is 10.3. The van der Waals surface area contributed by atoms with Gasteiger partial charge in [-0.15, -0.1) is 0 Å². The summed E-state index contributed by atoms with van der Waals surface area (Å²) in [5.41, 5.74) is 0.0876. The highest BCUT2D eigenvalue weighted by molar-refractivity contribution is 6.30. The number of aromatic hydroxyl groups is 1. The van der Waals surface area contributed by atoms with Gasteiger partial charge in [-0.2, -0.15) is 0 Å². The fourth-order valence-electron chi connectivity index (χ4n) is 0.746. The Labute approximate surface area is 80.1 Å². The van der Waals surface area contributed by atoms with E-state index in [1.54, 1.807) is 6.92 Å². The van der Waals surface area contributed by atoms with Crippen LogP contribution < -0.4 is 0 Å². The smallest absolute Gasteiger partial charge is 0.356 e. The van der Waals surface area contributed by atoms with Crippen LogP contribution in [-0.2, 0) is 4.74 Å². The van der Waals surface area contributed by atoms with Crippen molar-refractivity contribution in [1.29, 1.82) is 0 Å². The van der Waals surface area contributed by atoms with Gasteiger partial charge in [0.15, 0.2) is 10.9 Å². The van der Waals surface area contributed by atoms with Crippen molar-refractivity contribution in [2.75, 3.05) is 6.61 Å². The zero-order valence-corrected chi connectivity index (χ0v) is 7.71. The lowest BCUT2D eigenvalue weighted by Crippen LogP contribution is -2.06. The Hall–Kier alpha value is -1.29. The number of esters is 1. The van der Waals surface area contributed by atoms with Gasteiger partial charge in [-0.1, -0.05) is 11.6 Å². The zero-order valence-electron chi connectivity index (χ0n) is 6.95. The second-order valence-corrected chi connectivity index (χ2v) is 2.58. The van der Waals surface area contributed by atoms with Crippen LogP contribution in [0.4, 0.5) is 0 Å². The first-order chi connectivity index (χ1) is 6.15. The molecule has 0 saturated heterocycles. The largest absolute Gasteiger partial charge is 0.505 e. The van der Waals surface area contributed by atoms with Crippen molar-refractivity contribution in [3.63, 3.8) is 0 Å². The van der Waals surface area contributed by atoms with Crippen LogP contribution in [0.1, 0.15) is 17.4 Å². The highest BCUT2D eigenvalue weighted by Crippen LogP contribution is 2.19. The number of pyridine rings is 1. The summed E-state index contributed by atoms with van der Waals surface area (Å²) in [6.07, 6.45) is 0. The number of carbonyl (C=O) groups is 1. The van der Waals surface area contributed by atoms with Crippen molar-refractivity contribution < 1.29 is 14.6 Å². The quantitative estimate of drug-likeness (QED) is 0.584. The van der Waals surface area contributed by atoms with Crippen LogP contribution in [-0.4, -0.2) is 22.7 Å². The van der Waals surface area contributed by atoms with E-state index < -0.39 is 5.97 Å². The molecule has 5 heteroatoms. The molecule has 0 unspecified atom stereocenters. The van der Waals surface area contributed by atoms with Gasteiger partial charge in [-0.25, -0.2) is 9.78 Å². The normalized spacial score (nSPS) is 9.69. The van der Waals surface area contributed by atoms with Gasteiger partial charge in [0, 0.05) is 0 Å². The third kappa shape index (κ3) is 2.32. The molecule has 1 N–H and O–H groups in total.